The second-order valence-corrected chi connectivity index (χ2v) is 5.67. The summed E-state index contributed by atoms with van der Waals surface area (Å²) in [7, 11) is 0. The lowest BCUT2D eigenvalue weighted by Crippen LogP contribution is -2.30. The third-order valence-electron chi connectivity index (χ3n) is 3.92. The molecule has 0 atom stereocenters. The predicted octanol–water partition coefficient (Wildman–Crippen LogP) is 2.57. The first kappa shape index (κ1) is 16.0. The van der Waals surface area contributed by atoms with Crippen LogP contribution in [0.15, 0.2) is 48.7 Å². The van der Waals surface area contributed by atoms with Crippen molar-refractivity contribution in [2.24, 2.45) is 0 Å². The van der Waals surface area contributed by atoms with E-state index in [0.29, 0.717) is 18.8 Å². The molecule has 1 saturated heterocycles. The average molecular weight is 324 g/mol. The van der Waals surface area contributed by atoms with Crippen LogP contribution in [0.5, 0.6) is 0 Å². The third kappa shape index (κ3) is 4.10. The quantitative estimate of drug-likeness (QED) is 0.887. The fourth-order valence-corrected chi connectivity index (χ4v) is 2.67. The Morgan fingerprint density at radius 2 is 2.00 bits per heavy atom. The Balaban J connectivity index is 1.47. The van der Waals surface area contributed by atoms with Gasteiger partial charge in [-0.1, -0.05) is 30.3 Å². The molecule has 0 aliphatic carbocycles. The molecule has 0 radical (unpaired) electrons. The van der Waals surface area contributed by atoms with E-state index >= 15 is 0 Å². The van der Waals surface area contributed by atoms with Crippen LogP contribution < -0.4 is 15.5 Å². The first-order valence-electron chi connectivity index (χ1n) is 8.07. The molecule has 0 spiro atoms. The van der Waals surface area contributed by atoms with E-state index in [9.17, 15) is 9.59 Å². The molecule has 2 N–H and O–H groups in total. The van der Waals surface area contributed by atoms with Crippen molar-refractivity contribution in [2.45, 2.75) is 19.3 Å². The van der Waals surface area contributed by atoms with Crippen molar-refractivity contribution >= 4 is 23.4 Å². The van der Waals surface area contributed by atoms with E-state index in [1.807, 2.05) is 30.3 Å². The minimum Gasteiger partial charge on any atom is -0.337 e. The molecule has 0 unspecified atom stereocenters. The highest BCUT2D eigenvalue weighted by molar-refractivity contribution is 5.95. The molecule has 3 amide bonds. The van der Waals surface area contributed by atoms with Crippen molar-refractivity contribution in [3.8, 4) is 0 Å². The molecule has 2 aromatic rings. The Labute approximate surface area is 140 Å². The lowest BCUT2D eigenvalue weighted by atomic mass is 10.1. The van der Waals surface area contributed by atoms with Gasteiger partial charge in [0.05, 0.1) is 11.9 Å². The van der Waals surface area contributed by atoms with Gasteiger partial charge < -0.3 is 10.2 Å². The van der Waals surface area contributed by atoms with Crippen molar-refractivity contribution in [2.75, 3.05) is 23.3 Å². The van der Waals surface area contributed by atoms with Gasteiger partial charge in [-0.3, -0.25) is 10.1 Å². The summed E-state index contributed by atoms with van der Waals surface area (Å²) in [5, 5.41) is 5.49. The Morgan fingerprint density at radius 1 is 1.17 bits per heavy atom. The summed E-state index contributed by atoms with van der Waals surface area (Å²) in [6, 6.07) is 13.2. The molecule has 1 aliphatic heterocycles. The topological polar surface area (TPSA) is 74.3 Å². The molecule has 0 bridgehead atoms. The molecular formula is C18H20N4O2. The van der Waals surface area contributed by atoms with Crippen molar-refractivity contribution in [1.29, 1.82) is 0 Å². The number of benzene rings is 1. The number of hydrogen-bond donors (Lipinski definition) is 2. The third-order valence-corrected chi connectivity index (χ3v) is 3.92. The number of anilines is 2. The molecule has 6 nitrogen and oxygen atoms in total. The minimum atomic E-state index is -0.288. The predicted molar refractivity (Wildman–Crippen MR) is 93.0 cm³/mol. The summed E-state index contributed by atoms with van der Waals surface area (Å²) in [4.78, 5) is 29.5. The summed E-state index contributed by atoms with van der Waals surface area (Å²) >= 11 is 0. The second kappa shape index (κ2) is 7.59. The van der Waals surface area contributed by atoms with E-state index in [1.54, 1.807) is 23.2 Å². The lowest BCUT2D eigenvalue weighted by molar-refractivity contribution is -0.117. The van der Waals surface area contributed by atoms with Crippen molar-refractivity contribution in [3.63, 3.8) is 0 Å². The minimum absolute atomic E-state index is 0.121. The fraction of sp³-hybridized carbons (Fsp3) is 0.278. The number of carbonyl (C=O) groups excluding carboxylic acids is 2. The molecule has 2 heterocycles. The normalized spacial score (nSPS) is 13.8. The maximum Gasteiger partial charge on any atom is 0.320 e. The molecule has 6 heteroatoms. The van der Waals surface area contributed by atoms with Gasteiger partial charge in [0.1, 0.15) is 5.82 Å². The van der Waals surface area contributed by atoms with Crippen molar-refractivity contribution < 1.29 is 9.59 Å². The van der Waals surface area contributed by atoms with Gasteiger partial charge in [-0.2, -0.15) is 0 Å². The number of carbonyl (C=O) groups is 2. The molecule has 1 aromatic heterocycles. The number of nitrogens with zero attached hydrogens (tertiary/aromatic N) is 2. The zero-order valence-corrected chi connectivity index (χ0v) is 13.4. The first-order valence-corrected chi connectivity index (χ1v) is 8.07. The molecule has 3 rings (SSSR count). The molecule has 1 aromatic carbocycles. The van der Waals surface area contributed by atoms with Crippen LogP contribution in [0.2, 0.25) is 0 Å². The number of urea groups is 1. The highest BCUT2D eigenvalue weighted by Crippen LogP contribution is 2.21. The maximum atomic E-state index is 11.9. The highest BCUT2D eigenvalue weighted by atomic mass is 16.2. The van der Waals surface area contributed by atoms with Crippen LogP contribution in [0.3, 0.4) is 0 Å². The zero-order valence-electron chi connectivity index (χ0n) is 13.4. The molecule has 0 saturated carbocycles. The van der Waals surface area contributed by atoms with Gasteiger partial charge in [-0.15, -0.1) is 0 Å². The van der Waals surface area contributed by atoms with Gasteiger partial charge >= 0.3 is 6.03 Å². The Kier molecular flexibility index (Phi) is 5.05. The van der Waals surface area contributed by atoms with Crippen LogP contribution in [-0.2, 0) is 11.2 Å². The highest BCUT2D eigenvalue weighted by Gasteiger charge is 2.21. The van der Waals surface area contributed by atoms with Crippen LogP contribution in [0, 0.1) is 0 Å². The lowest BCUT2D eigenvalue weighted by Gasteiger charge is -2.15. The Morgan fingerprint density at radius 3 is 2.67 bits per heavy atom. The molecule has 1 aliphatic rings. The van der Waals surface area contributed by atoms with Crippen LogP contribution in [0.25, 0.3) is 0 Å². The molecular weight excluding hydrogens is 304 g/mol. The first-order chi connectivity index (χ1) is 11.7. The monoisotopic (exact) mass is 324 g/mol. The van der Waals surface area contributed by atoms with Crippen LogP contribution in [0.4, 0.5) is 16.3 Å². The molecule has 124 valence electrons. The second-order valence-electron chi connectivity index (χ2n) is 5.67. The average Bonchev–Trinajstić information content (AvgIpc) is 3.03. The van der Waals surface area contributed by atoms with E-state index in [1.165, 1.54) is 5.56 Å². The van der Waals surface area contributed by atoms with Gasteiger partial charge in [-0.05, 0) is 30.5 Å². The number of aromatic nitrogens is 1. The largest absolute Gasteiger partial charge is 0.337 e. The number of pyridine rings is 1. The van der Waals surface area contributed by atoms with E-state index in [2.05, 4.69) is 15.6 Å². The van der Waals surface area contributed by atoms with E-state index in [-0.39, 0.29) is 11.9 Å². The smallest absolute Gasteiger partial charge is 0.320 e. The summed E-state index contributed by atoms with van der Waals surface area (Å²) < 4.78 is 0. The number of rotatable bonds is 5. The summed E-state index contributed by atoms with van der Waals surface area (Å²) in [6.07, 6.45) is 3.85. The van der Waals surface area contributed by atoms with Crippen molar-refractivity contribution in [1.82, 2.24) is 10.3 Å². The Bertz CT molecular complexity index is 701. The summed E-state index contributed by atoms with van der Waals surface area (Å²) in [6.45, 7) is 1.28. The summed E-state index contributed by atoms with van der Waals surface area (Å²) in [5.41, 5.74) is 1.95. The maximum absolute atomic E-state index is 11.9. The van der Waals surface area contributed by atoms with E-state index < -0.39 is 0 Å². The van der Waals surface area contributed by atoms with E-state index in [0.717, 1.165) is 25.1 Å². The number of amides is 3. The van der Waals surface area contributed by atoms with Crippen LogP contribution in [-0.4, -0.2) is 30.0 Å². The molecule has 1 fully saturated rings. The SMILES string of the molecule is O=C(NCCc1ccccc1)Nc1ccc(N2CCCC2=O)cn1. The number of nitrogens with one attached hydrogen (secondary N) is 2. The van der Waals surface area contributed by atoms with Gasteiger partial charge in [0.25, 0.3) is 0 Å². The van der Waals surface area contributed by atoms with Crippen LogP contribution >= 0.6 is 0 Å². The zero-order chi connectivity index (χ0) is 16.8. The Hall–Kier alpha value is -2.89. The van der Waals surface area contributed by atoms with Gasteiger partial charge in [0, 0.05) is 19.5 Å². The fourth-order valence-electron chi connectivity index (χ4n) is 2.67. The van der Waals surface area contributed by atoms with E-state index in [4.69, 9.17) is 0 Å². The van der Waals surface area contributed by atoms with Crippen LogP contribution in [0.1, 0.15) is 18.4 Å². The summed E-state index contributed by atoms with van der Waals surface area (Å²) in [5.74, 6) is 0.582. The van der Waals surface area contributed by atoms with Gasteiger partial charge in [0.15, 0.2) is 0 Å². The number of hydrogen-bond acceptors (Lipinski definition) is 3. The molecule has 24 heavy (non-hydrogen) atoms. The van der Waals surface area contributed by atoms with Crippen molar-refractivity contribution in [3.05, 3.63) is 54.2 Å². The standard InChI is InChI=1S/C18H20N4O2/c23-17-7-4-12-22(17)15-8-9-16(20-13-15)21-18(24)19-11-10-14-5-2-1-3-6-14/h1-3,5-6,8-9,13H,4,7,10-12H2,(H2,19,20,21,24). The van der Waals surface area contributed by atoms with Gasteiger partial charge in [-0.25, -0.2) is 9.78 Å². The van der Waals surface area contributed by atoms with Gasteiger partial charge in [0.2, 0.25) is 5.91 Å².